The molecule has 2 aromatic carbocycles. The van der Waals surface area contributed by atoms with Gasteiger partial charge in [0.1, 0.15) is 18.1 Å². The second-order valence-corrected chi connectivity index (χ2v) is 14.0. The molecule has 4 rings (SSSR count). The molecule has 1 aliphatic rings. The first-order chi connectivity index (χ1) is 26.3. The number of amides is 4. The fourth-order valence-electron chi connectivity index (χ4n) is 6.87. The summed E-state index contributed by atoms with van der Waals surface area (Å²) in [5.74, 6) is -4.69. The van der Waals surface area contributed by atoms with Crippen molar-refractivity contribution >= 4 is 46.5 Å². The molecule has 55 heavy (non-hydrogen) atoms. The van der Waals surface area contributed by atoms with Gasteiger partial charge in [0, 0.05) is 37.1 Å². The number of rotatable bonds is 20. The summed E-state index contributed by atoms with van der Waals surface area (Å²) in [5.41, 5.74) is 6.87. The van der Waals surface area contributed by atoms with Gasteiger partial charge in [-0.2, -0.15) is 0 Å². The van der Waals surface area contributed by atoms with E-state index >= 15 is 0 Å². The Morgan fingerprint density at radius 1 is 0.818 bits per heavy atom. The van der Waals surface area contributed by atoms with E-state index in [0.717, 1.165) is 29.2 Å². The number of nitrogens with zero attached hydrogens (tertiary/aromatic N) is 1. The van der Waals surface area contributed by atoms with Crippen molar-refractivity contribution in [3.63, 3.8) is 0 Å². The Balaban J connectivity index is 1.48. The summed E-state index contributed by atoms with van der Waals surface area (Å²) in [4.78, 5) is 91.7. The number of unbranched alkanes of at least 4 members (excludes halogenated alkanes) is 1. The van der Waals surface area contributed by atoms with Crippen LogP contribution in [0.5, 0.6) is 0 Å². The highest BCUT2D eigenvalue weighted by Crippen LogP contribution is 2.31. The highest BCUT2D eigenvalue weighted by atomic mass is 16.4. The van der Waals surface area contributed by atoms with Crippen molar-refractivity contribution in [2.24, 2.45) is 17.6 Å². The highest BCUT2D eigenvalue weighted by molar-refractivity contribution is 5.90. The summed E-state index contributed by atoms with van der Waals surface area (Å²) >= 11 is 0. The van der Waals surface area contributed by atoms with Crippen LogP contribution in [0.25, 0.3) is 10.8 Å². The van der Waals surface area contributed by atoms with Gasteiger partial charge in [0.2, 0.25) is 17.4 Å². The molecular formula is C39H50N6O10. The van der Waals surface area contributed by atoms with Crippen molar-refractivity contribution in [3.05, 3.63) is 82.3 Å². The molecule has 4 amide bonds. The van der Waals surface area contributed by atoms with Gasteiger partial charge in [-0.25, -0.2) is 14.4 Å². The van der Waals surface area contributed by atoms with Crippen LogP contribution in [0, 0.1) is 11.8 Å². The van der Waals surface area contributed by atoms with E-state index in [1.54, 1.807) is 17.0 Å². The smallest absolute Gasteiger partial charge is 0.326 e. The zero-order valence-electron chi connectivity index (χ0n) is 30.6. The number of urea groups is 1. The van der Waals surface area contributed by atoms with Crippen LogP contribution in [0.3, 0.4) is 0 Å². The number of carbonyl (C=O) groups is 6. The molecule has 296 valence electrons. The molecule has 16 heteroatoms. The number of nitrogens with one attached hydrogen (secondary N) is 4. The Morgan fingerprint density at radius 2 is 1.49 bits per heavy atom. The third-order valence-corrected chi connectivity index (χ3v) is 9.98. The van der Waals surface area contributed by atoms with Crippen LogP contribution in [-0.2, 0) is 36.9 Å². The van der Waals surface area contributed by atoms with Crippen LogP contribution in [0.15, 0.2) is 65.5 Å². The first-order valence-corrected chi connectivity index (χ1v) is 18.5. The second-order valence-electron chi connectivity index (χ2n) is 14.0. The van der Waals surface area contributed by atoms with E-state index in [1.165, 1.54) is 6.07 Å². The first kappa shape index (κ1) is 42.0. The van der Waals surface area contributed by atoms with E-state index in [9.17, 15) is 43.8 Å². The lowest BCUT2D eigenvalue weighted by atomic mass is 9.81. The van der Waals surface area contributed by atoms with Gasteiger partial charge in [-0.3, -0.25) is 19.2 Å². The molecule has 1 aromatic heterocycles. The number of fused-ring (bicyclic) bond motifs is 1. The third-order valence-electron chi connectivity index (χ3n) is 9.98. The minimum Gasteiger partial charge on any atom is -0.481 e. The molecule has 1 heterocycles. The monoisotopic (exact) mass is 762 g/mol. The fraction of sp³-hybridized carbons (Fsp3) is 0.462. The fourth-order valence-corrected chi connectivity index (χ4v) is 6.87. The Morgan fingerprint density at radius 3 is 2.13 bits per heavy atom. The lowest BCUT2D eigenvalue weighted by molar-refractivity contribution is -0.145. The molecule has 9 N–H and O–H groups in total. The molecule has 0 saturated heterocycles. The third kappa shape index (κ3) is 12.9. The SMILES string of the molecule is NCC1CCC(C(=O)N(Cc2cccc(=O)[nH]2)[C@@H](Cc2ccc3ccccc3c2)C(=O)NCCCC[C@H](NC(=O)N[C@@H](CCC(=O)O)C(=O)O)C(=O)O)CC1. The minimum absolute atomic E-state index is 0.00946. The van der Waals surface area contributed by atoms with Crippen molar-refractivity contribution in [1.82, 2.24) is 25.8 Å². The number of aliphatic carboxylic acids is 3. The number of pyridine rings is 1. The molecule has 0 unspecified atom stereocenters. The molecule has 1 saturated carbocycles. The van der Waals surface area contributed by atoms with Crippen molar-refractivity contribution in [3.8, 4) is 0 Å². The quantitative estimate of drug-likeness (QED) is 0.0776. The van der Waals surface area contributed by atoms with Crippen LogP contribution in [0.4, 0.5) is 4.79 Å². The Bertz CT molecular complexity index is 1870. The van der Waals surface area contributed by atoms with E-state index in [2.05, 4.69) is 20.9 Å². The summed E-state index contributed by atoms with van der Waals surface area (Å²) in [5, 5.41) is 37.0. The molecule has 0 radical (unpaired) electrons. The number of aromatic amines is 1. The number of benzene rings is 2. The van der Waals surface area contributed by atoms with Gasteiger partial charge >= 0.3 is 23.9 Å². The number of aromatic nitrogens is 1. The molecule has 16 nitrogen and oxygen atoms in total. The first-order valence-electron chi connectivity index (χ1n) is 18.5. The maximum atomic E-state index is 14.4. The van der Waals surface area contributed by atoms with Gasteiger partial charge in [-0.1, -0.05) is 48.5 Å². The average molecular weight is 763 g/mol. The van der Waals surface area contributed by atoms with Crippen LogP contribution < -0.4 is 27.2 Å². The Labute approximate surface area is 317 Å². The van der Waals surface area contributed by atoms with Crippen molar-refractivity contribution < 1.29 is 44.1 Å². The molecule has 0 bridgehead atoms. The maximum Gasteiger partial charge on any atom is 0.326 e. The van der Waals surface area contributed by atoms with E-state index in [4.69, 9.17) is 10.8 Å². The van der Waals surface area contributed by atoms with Crippen LogP contribution in [-0.4, -0.2) is 92.2 Å². The van der Waals surface area contributed by atoms with Crippen LogP contribution in [0.1, 0.15) is 69.0 Å². The van der Waals surface area contributed by atoms with E-state index in [1.807, 2.05) is 42.5 Å². The Kier molecular flexibility index (Phi) is 15.7. The normalized spacial score (nSPS) is 17.0. The largest absolute Gasteiger partial charge is 0.481 e. The lowest BCUT2D eigenvalue weighted by Crippen LogP contribution is -2.52. The Hall–Kier alpha value is -5.77. The van der Waals surface area contributed by atoms with Crippen molar-refractivity contribution in [2.45, 2.75) is 88.9 Å². The van der Waals surface area contributed by atoms with Crippen LogP contribution in [0.2, 0.25) is 0 Å². The molecule has 1 fully saturated rings. The number of carbonyl (C=O) groups excluding carboxylic acids is 3. The number of hydrogen-bond donors (Lipinski definition) is 8. The van der Waals surface area contributed by atoms with Gasteiger partial charge in [0.05, 0.1) is 6.54 Å². The zero-order valence-corrected chi connectivity index (χ0v) is 30.6. The van der Waals surface area contributed by atoms with Gasteiger partial charge in [0.25, 0.3) is 0 Å². The molecule has 0 aliphatic heterocycles. The standard InChI is InChI=1S/C39H50N6O10/c40-22-24-11-15-27(16-12-24)36(50)45(23-29-8-5-10-33(46)42-29)32(21-25-13-14-26-6-1-2-7-28(26)20-25)35(49)41-19-4-3-9-30(37(51)52)43-39(55)44-31(38(53)54)17-18-34(47)48/h1-2,5-8,10,13-14,20,24,27,30-32H,3-4,9,11-12,15-19,21-23,40H2,(H,41,49)(H,42,46)(H,47,48)(H,51,52)(H,53,54)(H2,43,44,55)/t24?,27?,30-,31-,32-/m0/s1. The molecule has 0 spiro atoms. The van der Waals surface area contributed by atoms with Gasteiger partial charge < -0.3 is 46.9 Å². The lowest BCUT2D eigenvalue weighted by Gasteiger charge is -2.36. The van der Waals surface area contributed by atoms with Crippen molar-refractivity contribution in [2.75, 3.05) is 13.1 Å². The molecular weight excluding hydrogens is 712 g/mol. The number of carboxylic acid groups (broad SMARTS) is 3. The molecule has 3 aromatic rings. The summed E-state index contributed by atoms with van der Waals surface area (Å²) in [6.07, 6.45) is 2.62. The summed E-state index contributed by atoms with van der Waals surface area (Å²) in [6.45, 7) is 0.650. The van der Waals surface area contributed by atoms with E-state index < -0.39 is 54.4 Å². The summed E-state index contributed by atoms with van der Waals surface area (Å²) < 4.78 is 0. The van der Waals surface area contributed by atoms with Crippen LogP contribution >= 0.6 is 0 Å². The maximum absolute atomic E-state index is 14.4. The topological polar surface area (TPSA) is 261 Å². The van der Waals surface area contributed by atoms with Gasteiger partial charge in [0.15, 0.2) is 0 Å². The average Bonchev–Trinajstić information content (AvgIpc) is 3.16. The second kappa shape index (κ2) is 20.6. The number of carboxylic acids is 3. The van der Waals surface area contributed by atoms with E-state index in [0.29, 0.717) is 37.4 Å². The predicted octanol–water partition coefficient (Wildman–Crippen LogP) is 2.59. The van der Waals surface area contributed by atoms with Gasteiger partial charge in [-0.15, -0.1) is 0 Å². The number of H-pyrrole nitrogens is 1. The minimum atomic E-state index is -1.53. The molecule has 3 atom stereocenters. The molecule has 1 aliphatic carbocycles. The zero-order chi connectivity index (χ0) is 39.9. The predicted molar refractivity (Wildman–Crippen MR) is 202 cm³/mol. The van der Waals surface area contributed by atoms with Gasteiger partial charge in [-0.05, 0) is 86.2 Å². The number of nitrogens with two attached hydrogens (primary N) is 1. The van der Waals surface area contributed by atoms with E-state index in [-0.39, 0.29) is 56.2 Å². The summed E-state index contributed by atoms with van der Waals surface area (Å²) in [6, 6.07) is 13.4. The number of hydrogen-bond acceptors (Lipinski definition) is 8. The summed E-state index contributed by atoms with van der Waals surface area (Å²) in [7, 11) is 0. The highest BCUT2D eigenvalue weighted by Gasteiger charge is 2.36. The van der Waals surface area contributed by atoms with Crippen molar-refractivity contribution in [1.29, 1.82) is 0 Å².